The Kier molecular flexibility index (Phi) is 6.77. The van der Waals surface area contributed by atoms with Crippen LogP contribution in [0.25, 0.3) is 32.8 Å². The lowest BCUT2D eigenvalue weighted by atomic mass is 10.0. The normalized spacial score (nSPS) is 14.8. The molecule has 6 heteroatoms. The molecular formula is C31H29BrN4O. The van der Waals surface area contributed by atoms with Gasteiger partial charge in [0.25, 0.3) is 0 Å². The van der Waals surface area contributed by atoms with Gasteiger partial charge in [-0.15, -0.1) is 10.2 Å². The van der Waals surface area contributed by atoms with E-state index in [1.807, 2.05) is 18.2 Å². The molecule has 5 nitrogen and oxygen atoms in total. The molecule has 0 unspecified atom stereocenters. The van der Waals surface area contributed by atoms with E-state index in [0.717, 1.165) is 70.5 Å². The number of methoxy groups -OCH3 is 1. The lowest BCUT2D eigenvalue weighted by Crippen LogP contribution is -2.38. The fourth-order valence-corrected chi connectivity index (χ4v) is 5.48. The molecular weight excluding hydrogens is 524 g/mol. The summed E-state index contributed by atoms with van der Waals surface area (Å²) in [6.45, 7) is 3.09. The highest BCUT2D eigenvalue weighted by Crippen LogP contribution is 2.34. The van der Waals surface area contributed by atoms with Crippen LogP contribution in [0.3, 0.4) is 0 Å². The number of aromatic nitrogens is 2. The highest BCUT2D eigenvalue weighted by atomic mass is 79.9. The maximum absolute atomic E-state index is 5.54. The van der Waals surface area contributed by atoms with Gasteiger partial charge in [0.1, 0.15) is 11.4 Å². The summed E-state index contributed by atoms with van der Waals surface area (Å²) in [5, 5.41) is 17.7. The lowest BCUT2D eigenvalue weighted by molar-refractivity contribution is 0.211. The molecule has 0 aliphatic carbocycles. The van der Waals surface area contributed by atoms with Crippen LogP contribution in [0.15, 0.2) is 89.4 Å². The van der Waals surface area contributed by atoms with Gasteiger partial charge in [0.15, 0.2) is 5.82 Å². The first-order chi connectivity index (χ1) is 18.2. The van der Waals surface area contributed by atoms with Crippen molar-refractivity contribution in [2.75, 3.05) is 25.5 Å². The summed E-state index contributed by atoms with van der Waals surface area (Å²) in [7, 11) is 1.70. The second kappa shape index (κ2) is 10.5. The molecule has 1 fully saturated rings. The Hall–Kier alpha value is -3.48. The first-order valence-corrected chi connectivity index (χ1v) is 13.5. The van der Waals surface area contributed by atoms with Crippen LogP contribution in [0.1, 0.15) is 18.4 Å². The summed E-state index contributed by atoms with van der Waals surface area (Å²) < 4.78 is 6.58. The predicted molar refractivity (Wildman–Crippen MR) is 155 cm³/mol. The fourth-order valence-electron chi connectivity index (χ4n) is 5.21. The summed E-state index contributed by atoms with van der Waals surface area (Å²) in [6.07, 6.45) is 2.13. The number of hydrogen-bond donors (Lipinski definition) is 1. The molecule has 0 saturated carbocycles. The standard InChI is InChI=1S/C31H29BrN4O/c1-37-27-12-13-28-29(19-27)31(35-34-30(28)23-8-10-25(32)11-9-23)33-26-14-16-36(17-15-26)20-21-6-7-22-4-2-3-5-24(22)18-21/h2-13,18-19,26H,14-17,20H2,1H3,(H,33,35). The van der Waals surface area contributed by atoms with Crippen LogP contribution in [-0.4, -0.2) is 41.3 Å². The number of likely N-dealkylation sites (tertiary alicyclic amines) is 1. The maximum atomic E-state index is 5.54. The van der Waals surface area contributed by atoms with Crippen LogP contribution < -0.4 is 10.1 Å². The molecule has 0 bridgehead atoms. The number of rotatable bonds is 6. The highest BCUT2D eigenvalue weighted by molar-refractivity contribution is 9.10. The zero-order valence-corrected chi connectivity index (χ0v) is 22.4. The topological polar surface area (TPSA) is 50.3 Å². The Bertz CT molecular complexity index is 1550. The van der Waals surface area contributed by atoms with Crippen molar-refractivity contribution in [2.45, 2.75) is 25.4 Å². The molecule has 0 spiro atoms. The van der Waals surface area contributed by atoms with Gasteiger partial charge in [0.05, 0.1) is 7.11 Å². The summed E-state index contributed by atoms with van der Waals surface area (Å²) >= 11 is 3.52. The number of anilines is 1. The van der Waals surface area contributed by atoms with E-state index in [1.165, 1.54) is 16.3 Å². The molecule has 4 aromatic carbocycles. The van der Waals surface area contributed by atoms with Gasteiger partial charge in [0, 0.05) is 46.5 Å². The van der Waals surface area contributed by atoms with E-state index >= 15 is 0 Å². The number of ether oxygens (including phenoxy) is 1. The predicted octanol–water partition coefficient (Wildman–Crippen LogP) is 7.30. The average Bonchev–Trinajstić information content (AvgIpc) is 2.94. The molecule has 0 radical (unpaired) electrons. The maximum Gasteiger partial charge on any atom is 0.156 e. The van der Waals surface area contributed by atoms with Crippen LogP contribution >= 0.6 is 15.9 Å². The Morgan fingerprint density at radius 1 is 0.865 bits per heavy atom. The monoisotopic (exact) mass is 552 g/mol. The van der Waals surface area contributed by atoms with E-state index in [2.05, 4.69) is 103 Å². The summed E-state index contributed by atoms with van der Waals surface area (Å²) in [5.41, 5.74) is 3.29. The van der Waals surface area contributed by atoms with Crippen LogP contribution in [0, 0.1) is 0 Å². The van der Waals surface area contributed by atoms with Gasteiger partial charge in [-0.2, -0.15) is 0 Å². The van der Waals surface area contributed by atoms with Crippen LogP contribution in [0.2, 0.25) is 0 Å². The van der Waals surface area contributed by atoms with Crippen molar-refractivity contribution >= 4 is 43.3 Å². The van der Waals surface area contributed by atoms with E-state index in [9.17, 15) is 0 Å². The fraction of sp³-hybridized carbons (Fsp3) is 0.226. The highest BCUT2D eigenvalue weighted by Gasteiger charge is 2.21. The minimum Gasteiger partial charge on any atom is -0.497 e. The second-order valence-electron chi connectivity index (χ2n) is 9.69. The number of piperidine rings is 1. The first kappa shape index (κ1) is 23.9. The van der Waals surface area contributed by atoms with E-state index in [0.29, 0.717) is 6.04 Å². The van der Waals surface area contributed by atoms with Crippen molar-refractivity contribution in [2.24, 2.45) is 0 Å². The van der Waals surface area contributed by atoms with E-state index < -0.39 is 0 Å². The molecule has 2 heterocycles. The molecule has 0 amide bonds. The van der Waals surface area contributed by atoms with Crippen molar-refractivity contribution in [3.05, 3.63) is 95.0 Å². The number of fused-ring (bicyclic) bond motifs is 2. The Morgan fingerprint density at radius 2 is 1.65 bits per heavy atom. The molecule has 1 aliphatic rings. The summed E-state index contributed by atoms with van der Waals surface area (Å²) in [6, 6.07) is 30.1. The molecule has 6 rings (SSSR count). The third-order valence-electron chi connectivity index (χ3n) is 7.25. The molecule has 5 aromatic rings. The van der Waals surface area contributed by atoms with E-state index in [1.54, 1.807) is 7.11 Å². The molecule has 186 valence electrons. The summed E-state index contributed by atoms with van der Waals surface area (Å²) in [4.78, 5) is 2.55. The summed E-state index contributed by atoms with van der Waals surface area (Å²) in [5.74, 6) is 1.64. The van der Waals surface area contributed by atoms with E-state index in [4.69, 9.17) is 4.74 Å². The smallest absolute Gasteiger partial charge is 0.156 e. The van der Waals surface area contributed by atoms with Gasteiger partial charge in [-0.3, -0.25) is 4.90 Å². The van der Waals surface area contributed by atoms with E-state index in [-0.39, 0.29) is 0 Å². The van der Waals surface area contributed by atoms with Gasteiger partial charge in [-0.1, -0.05) is 64.5 Å². The van der Waals surface area contributed by atoms with Crippen molar-refractivity contribution in [1.82, 2.24) is 15.1 Å². The zero-order chi connectivity index (χ0) is 25.2. The Labute approximate surface area is 225 Å². The van der Waals surface area contributed by atoms with Crippen molar-refractivity contribution in [3.63, 3.8) is 0 Å². The second-order valence-corrected chi connectivity index (χ2v) is 10.6. The van der Waals surface area contributed by atoms with Gasteiger partial charge in [-0.05, 0) is 65.6 Å². The van der Waals surface area contributed by atoms with Gasteiger partial charge < -0.3 is 10.1 Å². The zero-order valence-electron chi connectivity index (χ0n) is 20.8. The molecule has 1 aliphatic heterocycles. The molecule has 1 N–H and O–H groups in total. The quantitative estimate of drug-likeness (QED) is 0.239. The number of benzene rings is 4. The molecule has 1 aromatic heterocycles. The average molecular weight is 554 g/mol. The SMILES string of the molecule is COc1ccc2c(-c3ccc(Br)cc3)nnc(NC3CCN(Cc4ccc5ccccc5c4)CC3)c2c1. The van der Waals surface area contributed by atoms with Crippen molar-refractivity contribution in [3.8, 4) is 17.0 Å². The lowest BCUT2D eigenvalue weighted by Gasteiger charge is -2.32. The minimum absolute atomic E-state index is 0.357. The third-order valence-corrected chi connectivity index (χ3v) is 7.78. The van der Waals surface area contributed by atoms with Crippen LogP contribution in [-0.2, 0) is 6.54 Å². The van der Waals surface area contributed by atoms with Gasteiger partial charge >= 0.3 is 0 Å². The Balaban J connectivity index is 1.18. The van der Waals surface area contributed by atoms with Gasteiger partial charge in [-0.25, -0.2) is 0 Å². The molecule has 1 saturated heterocycles. The van der Waals surface area contributed by atoms with Crippen LogP contribution in [0.4, 0.5) is 5.82 Å². The number of nitrogens with zero attached hydrogens (tertiary/aromatic N) is 3. The first-order valence-electron chi connectivity index (χ1n) is 12.7. The van der Waals surface area contributed by atoms with Crippen molar-refractivity contribution in [1.29, 1.82) is 0 Å². The largest absolute Gasteiger partial charge is 0.497 e. The number of hydrogen-bond acceptors (Lipinski definition) is 5. The van der Waals surface area contributed by atoms with Crippen molar-refractivity contribution < 1.29 is 4.74 Å². The Morgan fingerprint density at radius 3 is 2.43 bits per heavy atom. The van der Waals surface area contributed by atoms with Crippen LogP contribution in [0.5, 0.6) is 5.75 Å². The molecule has 37 heavy (non-hydrogen) atoms. The number of halogens is 1. The third kappa shape index (κ3) is 5.17. The number of nitrogens with one attached hydrogen (secondary N) is 1. The minimum atomic E-state index is 0.357. The van der Waals surface area contributed by atoms with Gasteiger partial charge in [0.2, 0.25) is 0 Å². The molecule has 0 atom stereocenters.